The third kappa shape index (κ3) is 5.98. The van der Waals surface area contributed by atoms with Crippen LogP contribution in [0.4, 0.5) is 5.69 Å². The van der Waals surface area contributed by atoms with Gasteiger partial charge in [-0.2, -0.15) is 0 Å². The summed E-state index contributed by atoms with van der Waals surface area (Å²) < 4.78 is 9.28. The molecule has 0 bridgehead atoms. The molecular formula is C27H29IN4O2S. The van der Waals surface area contributed by atoms with Crippen molar-refractivity contribution < 1.29 is 9.53 Å². The molecule has 6 nitrogen and oxygen atoms in total. The molecule has 0 unspecified atom stereocenters. The van der Waals surface area contributed by atoms with Gasteiger partial charge in [-0.05, 0) is 88.5 Å². The van der Waals surface area contributed by atoms with Gasteiger partial charge in [0.25, 0.3) is 0 Å². The van der Waals surface area contributed by atoms with Crippen molar-refractivity contribution in [3.05, 3.63) is 75.1 Å². The van der Waals surface area contributed by atoms with E-state index in [2.05, 4.69) is 83.1 Å². The zero-order valence-electron chi connectivity index (χ0n) is 20.3. The van der Waals surface area contributed by atoms with Gasteiger partial charge in [-0.1, -0.05) is 55.9 Å². The van der Waals surface area contributed by atoms with E-state index in [1.807, 2.05) is 41.8 Å². The number of carbonyl (C=O) groups is 1. The number of ether oxygens (including phenoxy) is 1. The van der Waals surface area contributed by atoms with Gasteiger partial charge in [-0.25, -0.2) is 0 Å². The van der Waals surface area contributed by atoms with Crippen LogP contribution in [0.15, 0.2) is 59.8 Å². The number of rotatable bonds is 9. The standard InChI is InChI=1S/C27H29IN4O2S/c1-5-32-25(15-34-24-13-10-19-8-6-7-9-21(19)18(24)4)30-31-27(32)35-16-26(33)29-23-12-11-20(28)14-22(23)17(2)3/h6-14,17H,5,15-16H2,1-4H3,(H,29,33). The Balaban J connectivity index is 1.40. The maximum Gasteiger partial charge on any atom is 0.234 e. The van der Waals surface area contributed by atoms with Gasteiger partial charge in [0.1, 0.15) is 12.4 Å². The summed E-state index contributed by atoms with van der Waals surface area (Å²) in [4.78, 5) is 12.7. The number of anilines is 1. The second kappa shape index (κ2) is 11.4. The molecule has 0 aliphatic heterocycles. The van der Waals surface area contributed by atoms with Crippen molar-refractivity contribution in [1.29, 1.82) is 0 Å². The van der Waals surface area contributed by atoms with Gasteiger partial charge in [-0.3, -0.25) is 4.79 Å². The van der Waals surface area contributed by atoms with Gasteiger partial charge in [0, 0.05) is 15.8 Å². The summed E-state index contributed by atoms with van der Waals surface area (Å²) in [5.41, 5.74) is 3.10. The first-order valence-electron chi connectivity index (χ1n) is 11.6. The molecular weight excluding hydrogens is 571 g/mol. The minimum atomic E-state index is -0.0617. The Morgan fingerprint density at radius 1 is 1.14 bits per heavy atom. The van der Waals surface area contributed by atoms with Crippen molar-refractivity contribution in [3.63, 3.8) is 0 Å². The SMILES string of the molecule is CCn1c(COc2ccc3ccccc3c2C)nnc1SCC(=O)Nc1ccc(I)cc1C(C)C. The molecule has 0 fully saturated rings. The number of hydrogen-bond donors (Lipinski definition) is 1. The molecule has 1 amide bonds. The summed E-state index contributed by atoms with van der Waals surface area (Å²) in [5.74, 6) is 2.09. The fraction of sp³-hybridized carbons (Fsp3) is 0.296. The molecule has 8 heteroatoms. The largest absolute Gasteiger partial charge is 0.485 e. The maximum atomic E-state index is 12.7. The van der Waals surface area contributed by atoms with E-state index in [9.17, 15) is 4.79 Å². The van der Waals surface area contributed by atoms with Crippen LogP contribution in [0.5, 0.6) is 5.75 Å². The molecule has 3 aromatic carbocycles. The summed E-state index contributed by atoms with van der Waals surface area (Å²) >= 11 is 3.68. The van der Waals surface area contributed by atoms with E-state index in [4.69, 9.17) is 4.74 Å². The van der Waals surface area contributed by atoms with E-state index in [0.29, 0.717) is 24.2 Å². The number of aromatic nitrogens is 3. The van der Waals surface area contributed by atoms with Crippen molar-refractivity contribution in [3.8, 4) is 5.75 Å². The van der Waals surface area contributed by atoms with E-state index in [1.165, 1.54) is 22.5 Å². The number of aryl methyl sites for hydroxylation is 1. The molecule has 1 N–H and O–H groups in total. The van der Waals surface area contributed by atoms with E-state index >= 15 is 0 Å². The normalized spacial score (nSPS) is 11.3. The number of halogens is 1. The predicted octanol–water partition coefficient (Wildman–Crippen LogP) is 6.80. The van der Waals surface area contributed by atoms with Crippen LogP contribution in [0.25, 0.3) is 10.8 Å². The second-order valence-electron chi connectivity index (χ2n) is 8.56. The molecule has 4 rings (SSSR count). The zero-order valence-corrected chi connectivity index (χ0v) is 23.3. The third-order valence-electron chi connectivity index (χ3n) is 5.86. The van der Waals surface area contributed by atoms with E-state index < -0.39 is 0 Å². The van der Waals surface area contributed by atoms with Gasteiger partial charge >= 0.3 is 0 Å². The molecule has 0 saturated heterocycles. The van der Waals surface area contributed by atoms with Gasteiger partial charge in [-0.15, -0.1) is 10.2 Å². The molecule has 4 aromatic rings. The third-order valence-corrected chi connectivity index (χ3v) is 7.49. The first-order valence-corrected chi connectivity index (χ1v) is 13.7. The zero-order chi connectivity index (χ0) is 24.9. The Labute approximate surface area is 224 Å². The van der Waals surface area contributed by atoms with Crippen LogP contribution >= 0.6 is 34.4 Å². The molecule has 0 atom stereocenters. The summed E-state index contributed by atoms with van der Waals surface area (Å²) in [5, 5.41) is 14.8. The van der Waals surface area contributed by atoms with Crippen molar-refractivity contribution >= 4 is 56.7 Å². The molecule has 1 aromatic heterocycles. The number of benzene rings is 3. The fourth-order valence-electron chi connectivity index (χ4n) is 4.00. The van der Waals surface area contributed by atoms with Crippen LogP contribution < -0.4 is 10.1 Å². The van der Waals surface area contributed by atoms with E-state index in [-0.39, 0.29) is 11.7 Å². The number of carbonyl (C=O) groups excluding carboxylic acids is 1. The lowest BCUT2D eigenvalue weighted by atomic mass is 10.0. The molecule has 182 valence electrons. The van der Waals surface area contributed by atoms with Crippen LogP contribution in [-0.4, -0.2) is 26.4 Å². The maximum absolute atomic E-state index is 12.7. The first-order chi connectivity index (χ1) is 16.9. The smallest absolute Gasteiger partial charge is 0.234 e. The van der Waals surface area contributed by atoms with Gasteiger partial charge in [0.2, 0.25) is 5.91 Å². The summed E-state index contributed by atoms with van der Waals surface area (Å²) in [7, 11) is 0. The number of fused-ring (bicyclic) bond motifs is 1. The molecule has 0 aliphatic carbocycles. The Morgan fingerprint density at radius 3 is 2.71 bits per heavy atom. The summed E-state index contributed by atoms with van der Waals surface area (Å²) in [6, 6.07) is 18.4. The number of nitrogens with one attached hydrogen (secondary N) is 1. The molecule has 35 heavy (non-hydrogen) atoms. The Hall–Kier alpha value is -2.59. The predicted molar refractivity (Wildman–Crippen MR) is 151 cm³/mol. The number of nitrogens with zero attached hydrogens (tertiary/aromatic N) is 3. The van der Waals surface area contributed by atoms with E-state index in [0.717, 1.165) is 32.0 Å². The van der Waals surface area contributed by atoms with Crippen LogP contribution in [0.1, 0.15) is 43.6 Å². The van der Waals surface area contributed by atoms with Crippen molar-refractivity contribution in [2.24, 2.45) is 0 Å². The molecule has 0 aliphatic rings. The van der Waals surface area contributed by atoms with Gasteiger partial charge < -0.3 is 14.6 Å². The van der Waals surface area contributed by atoms with Crippen LogP contribution in [0.3, 0.4) is 0 Å². The topological polar surface area (TPSA) is 69.0 Å². The lowest BCUT2D eigenvalue weighted by molar-refractivity contribution is -0.113. The Morgan fingerprint density at radius 2 is 1.94 bits per heavy atom. The van der Waals surface area contributed by atoms with Gasteiger partial charge in [0.05, 0.1) is 5.75 Å². The highest BCUT2D eigenvalue weighted by Crippen LogP contribution is 2.29. The highest BCUT2D eigenvalue weighted by Gasteiger charge is 2.16. The van der Waals surface area contributed by atoms with Crippen molar-refractivity contribution in [2.75, 3.05) is 11.1 Å². The molecule has 1 heterocycles. The minimum absolute atomic E-state index is 0.0617. The van der Waals surface area contributed by atoms with Crippen LogP contribution in [0, 0.1) is 10.5 Å². The Bertz CT molecular complexity index is 1350. The average molecular weight is 601 g/mol. The Kier molecular flexibility index (Phi) is 8.33. The number of amides is 1. The van der Waals surface area contributed by atoms with Crippen molar-refractivity contribution in [2.45, 2.75) is 51.9 Å². The number of hydrogen-bond acceptors (Lipinski definition) is 5. The lowest BCUT2D eigenvalue weighted by Gasteiger charge is -2.14. The highest BCUT2D eigenvalue weighted by molar-refractivity contribution is 14.1. The van der Waals surface area contributed by atoms with Gasteiger partial charge in [0.15, 0.2) is 11.0 Å². The van der Waals surface area contributed by atoms with Crippen LogP contribution in [0.2, 0.25) is 0 Å². The van der Waals surface area contributed by atoms with Crippen LogP contribution in [-0.2, 0) is 17.9 Å². The van der Waals surface area contributed by atoms with E-state index in [1.54, 1.807) is 0 Å². The first kappa shape index (κ1) is 25.5. The minimum Gasteiger partial charge on any atom is -0.485 e. The number of thioether (sulfide) groups is 1. The van der Waals surface area contributed by atoms with Crippen molar-refractivity contribution in [1.82, 2.24) is 14.8 Å². The lowest BCUT2D eigenvalue weighted by Crippen LogP contribution is -2.16. The highest BCUT2D eigenvalue weighted by atomic mass is 127. The second-order valence-corrected chi connectivity index (χ2v) is 10.8. The summed E-state index contributed by atoms with van der Waals surface area (Å²) in [6.07, 6.45) is 0. The summed E-state index contributed by atoms with van der Waals surface area (Å²) in [6.45, 7) is 9.37. The monoisotopic (exact) mass is 600 g/mol. The average Bonchev–Trinajstić information content (AvgIpc) is 3.25. The molecule has 0 saturated carbocycles. The molecule has 0 radical (unpaired) electrons. The molecule has 0 spiro atoms. The fourth-order valence-corrected chi connectivity index (χ4v) is 5.33. The quantitative estimate of drug-likeness (QED) is 0.169.